The van der Waals surface area contributed by atoms with Gasteiger partial charge in [0, 0.05) is 17.0 Å². The summed E-state index contributed by atoms with van der Waals surface area (Å²) >= 11 is 1.64. The van der Waals surface area contributed by atoms with Gasteiger partial charge in [0.2, 0.25) is 6.79 Å². The molecule has 6 nitrogen and oxygen atoms in total. The molecule has 2 aromatic rings. The molecule has 2 N–H and O–H groups in total. The third kappa shape index (κ3) is 4.22. The smallest absolute Gasteiger partial charge is 0.315 e. The molecule has 4 rings (SSSR count). The van der Waals surface area contributed by atoms with Gasteiger partial charge in [0.15, 0.2) is 11.5 Å². The summed E-state index contributed by atoms with van der Waals surface area (Å²) in [6.07, 6.45) is 3.85. The van der Waals surface area contributed by atoms with Crippen LogP contribution < -0.4 is 24.8 Å². The van der Waals surface area contributed by atoms with Gasteiger partial charge >= 0.3 is 6.03 Å². The van der Waals surface area contributed by atoms with E-state index in [-0.39, 0.29) is 25.0 Å². The van der Waals surface area contributed by atoms with Crippen LogP contribution in [0.4, 0.5) is 4.79 Å². The van der Waals surface area contributed by atoms with Gasteiger partial charge in [-0.15, -0.1) is 11.3 Å². The number of carbonyl (C=O) groups is 1. The molecule has 1 aromatic carbocycles. The van der Waals surface area contributed by atoms with Crippen LogP contribution in [0.25, 0.3) is 0 Å². The molecule has 1 saturated carbocycles. The van der Waals surface area contributed by atoms with E-state index in [9.17, 15) is 4.79 Å². The Morgan fingerprint density at radius 2 is 2.00 bits per heavy atom. The summed E-state index contributed by atoms with van der Waals surface area (Å²) in [5, 5.41) is 7.98. The van der Waals surface area contributed by atoms with Crippen molar-refractivity contribution in [2.75, 3.05) is 6.79 Å². The van der Waals surface area contributed by atoms with Crippen molar-refractivity contribution in [1.82, 2.24) is 10.6 Å². The molecule has 138 valence electrons. The number of amides is 2. The molecule has 1 fully saturated rings. The maximum Gasteiger partial charge on any atom is 0.315 e. The van der Waals surface area contributed by atoms with Crippen LogP contribution in [0.15, 0.2) is 35.7 Å². The quantitative estimate of drug-likeness (QED) is 0.838. The molecule has 0 radical (unpaired) electrons. The van der Waals surface area contributed by atoms with Gasteiger partial charge in [-0.25, -0.2) is 4.79 Å². The van der Waals surface area contributed by atoms with E-state index in [1.807, 2.05) is 35.7 Å². The monoisotopic (exact) mass is 374 g/mol. The molecule has 26 heavy (non-hydrogen) atoms. The van der Waals surface area contributed by atoms with Crippen LogP contribution in [-0.2, 0) is 6.54 Å². The Morgan fingerprint density at radius 3 is 2.81 bits per heavy atom. The van der Waals surface area contributed by atoms with Crippen LogP contribution in [0.5, 0.6) is 17.2 Å². The molecule has 7 heteroatoms. The van der Waals surface area contributed by atoms with E-state index in [0.29, 0.717) is 6.54 Å². The zero-order valence-electron chi connectivity index (χ0n) is 14.4. The fourth-order valence-corrected chi connectivity index (χ4v) is 3.93. The largest absolute Gasteiger partial charge is 0.490 e. The number of hydrogen-bond acceptors (Lipinski definition) is 5. The Hall–Kier alpha value is -2.41. The average Bonchev–Trinajstić information content (AvgIpc) is 3.33. The van der Waals surface area contributed by atoms with E-state index < -0.39 is 0 Å². The second kappa shape index (κ2) is 7.86. The molecule has 0 atom stereocenters. The Bertz CT molecular complexity index is 742. The third-order valence-electron chi connectivity index (χ3n) is 4.66. The minimum atomic E-state index is -0.0986. The predicted molar refractivity (Wildman–Crippen MR) is 98.9 cm³/mol. The van der Waals surface area contributed by atoms with Gasteiger partial charge in [-0.2, -0.15) is 0 Å². The van der Waals surface area contributed by atoms with Crippen LogP contribution in [0.1, 0.15) is 30.6 Å². The first kappa shape index (κ1) is 17.0. The molecule has 2 amide bonds. The van der Waals surface area contributed by atoms with E-state index >= 15 is 0 Å². The predicted octanol–water partition coefficient (Wildman–Crippen LogP) is 3.67. The van der Waals surface area contributed by atoms with Crippen LogP contribution in [-0.4, -0.2) is 25.0 Å². The normalized spacial score (nSPS) is 21.2. The second-order valence-electron chi connectivity index (χ2n) is 6.51. The van der Waals surface area contributed by atoms with Crippen molar-refractivity contribution in [3.63, 3.8) is 0 Å². The zero-order valence-corrected chi connectivity index (χ0v) is 15.2. The van der Waals surface area contributed by atoms with Gasteiger partial charge in [0.05, 0.1) is 12.6 Å². The Balaban J connectivity index is 1.19. The number of hydrogen-bond donors (Lipinski definition) is 2. The van der Waals surface area contributed by atoms with Crippen molar-refractivity contribution >= 4 is 17.4 Å². The number of ether oxygens (including phenoxy) is 3. The minimum absolute atomic E-state index is 0.0986. The fourth-order valence-electron chi connectivity index (χ4n) is 3.28. The fraction of sp³-hybridized carbons (Fsp3) is 0.421. The van der Waals surface area contributed by atoms with E-state index in [4.69, 9.17) is 14.2 Å². The molecular weight excluding hydrogens is 352 g/mol. The summed E-state index contributed by atoms with van der Waals surface area (Å²) in [6, 6.07) is 9.78. The molecule has 0 unspecified atom stereocenters. The first-order chi connectivity index (χ1) is 12.8. The van der Waals surface area contributed by atoms with Gasteiger partial charge in [-0.05, 0) is 49.3 Å². The molecular formula is C19H22N2O4S. The van der Waals surface area contributed by atoms with Crippen LogP contribution in [0, 0.1) is 0 Å². The summed E-state index contributed by atoms with van der Waals surface area (Å²) in [4.78, 5) is 13.2. The van der Waals surface area contributed by atoms with Crippen LogP contribution in [0.2, 0.25) is 0 Å². The highest BCUT2D eigenvalue weighted by molar-refractivity contribution is 7.09. The van der Waals surface area contributed by atoms with E-state index in [1.54, 1.807) is 11.3 Å². The van der Waals surface area contributed by atoms with E-state index in [2.05, 4.69) is 10.6 Å². The van der Waals surface area contributed by atoms with Gasteiger partial charge in [0.25, 0.3) is 0 Å². The lowest BCUT2D eigenvalue weighted by atomic mass is 9.93. The molecule has 0 saturated heterocycles. The Morgan fingerprint density at radius 1 is 1.15 bits per heavy atom. The number of rotatable bonds is 5. The summed E-state index contributed by atoms with van der Waals surface area (Å²) < 4.78 is 16.8. The third-order valence-corrected chi connectivity index (χ3v) is 5.54. The molecule has 1 aromatic heterocycles. The van der Waals surface area contributed by atoms with Gasteiger partial charge in [0.1, 0.15) is 5.75 Å². The molecule has 2 aliphatic rings. The molecule has 0 spiro atoms. The van der Waals surface area contributed by atoms with Crippen molar-refractivity contribution < 1.29 is 19.0 Å². The molecule has 1 aliphatic heterocycles. The second-order valence-corrected chi connectivity index (χ2v) is 7.55. The summed E-state index contributed by atoms with van der Waals surface area (Å²) in [5.74, 6) is 2.30. The number of nitrogens with one attached hydrogen (secondary N) is 2. The van der Waals surface area contributed by atoms with Crippen molar-refractivity contribution in [3.8, 4) is 17.2 Å². The number of benzene rings is 1. The first-order valence-corrected chi connectivity index (χ1v) is 9.77. The summed E-state index contributed by atoms with van der Waals surface area (Å²) in [7, 11) is 0. The lowest BCUT2D eigenvalue weighted by Gasteiger charge is -2.29. The highest BCUT2D eigenvalue weighted by Crippen LogP contribution is 2.36. The maximum absolute atomic E-state index is 12.0. The molecule has 2 heterocycles. The number of carbonyl (C=O) groups excluding carboxylic acids is 1. The number of fused-ring (bicyclic) bond motifs is 1. The lowest BCUT2D eigenvalue weighted by Crippen LogP contribution is -2.44. The zero-order chi connectivity index (χ0) is 17.8. The van der Waals surface area contributed by atoms with Gasteiger partial charge < -0.3 is 24.8 Å². The maximum atomic E-state index is 12.0. The highest BCUT2D eigenvalue weighted by atomic mass is 32.1. The summed E-state index contributed by atoms with van der Waals surface area (Å²) in [5.41, 5.74) is 0. The summed E-state index contributed by atoms with van der Waals surface area (Å²) in [6.45, 7) is 0.843. The lowest BCUT2D eigenvalue weighted by molar-refractivity contribution is 0.139. The molecule has 0 bridgehead atoms. The molecule has 1 aliphatic carbocycles. The SMILES string of the molecule is O=C(NCc1cccs1)NC1CCC(Oc2ccc3c(c2)OCO3)CC1. The standard InChI is InChI=1S/C19H22N2O4S/c22-19(20-11-16-2-1-9-26-16)21-13-3-5-14(6-4-13)25-15-7-8-17-18(10-15)24-12-23-17/h1-2,7-10,13-14H,3-6,11-12H2,(H2,20,21,22). The van der Waals surface area contributed by atoms with Crippen molar-refractivity contribution in [2.45, 2.75) is 44.4 Å². The van der Waals surface area contributed by atoms with E-state index in [0.717, 1.165) is 47.8 Å². The van der Waals surface area contributed by atoms with Gasteiger partial charge in [-0.3, -0.25) is 0 Å². The Labute approximate surface area is 156 Å². The van der Waals surface area contributed by atoms with Crippen LogP contribution in [0.3, 0.4) is 0 Å². The Kier molecular flexibility index (Phi) is 5.15. The first-order valence-electron chi connectivity index (χ1n) is 8.89. The minimum Gasteiger partial charge on any atom is -0.490 e. The topological polar surface area (TPSA) is 68.8 Å². The van der Waals surface area contributed by atoms with Crippen molar-refractivity contribution in [2.24, 2.45) is 0 Å². The van der Waals surface area contributed by atoms with Crippen molar-refractivity contribution in [1.29, 1.82) is 0 Å². The number of thiophene rings is 1. The van der Waals surface area contributed by atoms with E-state index in [1.165, 1.54) is 0 Å². The van der Waals surface area contributed by atoms with Gasteiger partial charge in [-0.1, -0.05) is 6.07 Å². The number of urea groups is 1. The average molecular weight is 374 g/mol. The van der Waals surface area contributed by atoms with Crippen LogP contribution >= 0.6 is 11.3 Å². The van der Waals surface area contributed by atoms with Crippen molar-refractivity contribution in [3.05, 3.63) is 40.6 Å². The highest BCUT2D eigenvalue weighted by Gasteiger charge is 2.24.